The molecule has 2 aliphatic rings. The Bertz CT molecular complexity index is 742. The molecule has 23 heavy (non-hydrogen) atoms. The fraction of sp³-hybridized carbons (Fsp3) is 0.562. The van der Waals surface area contributed by atoms with Crippen LogP contribution in [0.2, 0.25) is 0 Å². The average Bonchev–Trinajstić information content (AvgIpc) is 3.08. The zero-order valence-corrected chi connectivity index (χ0v) is 13.2. The van der Waals surface area contributed by atoms with Crippen molar-refractivity contribution >= 4 is 11.7 Å². The van der Waals surface area contributed by atoms with E-state index in [2.05, 4.69) is 15.0 Å². The second-order valence-electron chi connectivity index (χ2n) is 6.55. The highest BCUT2D eigenvalue weighted by molar-refractivity contribution is 5.95. The molecule has 7 nitrogen and oxygen atoms in total. The standard InChI is InChI=1S/C16H21N5O2/c1-20-9-11(8-17-20)14-15(19-16(23)10-6-12(22)7-10)21-5-3-2-4-13(21)18-14/h8-10,12,22H,2-7H2,1H3,(H,19,23). The molecule has 1 aliphatic carbocycles. The molecule has 1 amide bonds. The van der Waals surface area contributed by atoms with Gasteiger partial charge in [-0.15, -0.1) is 0 Å². The molecule has 1 fully saturated rings. The largest absolute Gasteiger partial charge is 0.393 e. The van der Waals surface area contributed by atoms with Crippen molar-refractivity contribution in [1.82, 2.24) is 19.3 Å². The first-order valence-electron chi connectivity index (χ1n) is 8.19. The maximum atomic E-state index is 12.4. The molecular weight excluding hydrogens is 294 g/mol. The average molecular weight is 315 g/mol. The van der Waals surface area contributed by atoms with Crippen molar-refractivity contribution in [2.45, 2.75) is 44.8 Å². The van der Waals surface area contributed by atoms with Gasteiger partial charge < -0.3 is 15.0 Å². The molecule has 3 heterocycles. The number of aromatic nitrogens is 4. The highest BCUT2D eigenvalue weighted by Gasteiger charge is 2.34. The van der Waals surface area contributed by atoms with Gasteiger partial charge in [-0.25, -0.2) is 4.98 Å². The van der Waals surface area contributed by atoms with E-state index in [-0.39, 0.29) is 17.9 Å². The fourth-order valence-corrected chi connectivity index (χ4v) is 3.38. The molecule has 0 saturated heterocycles. The molecular formula is C16H21N5O2. The van der Waals surface area contributed by atoms with Gasteiger partial charge in [0.1, 0.15) is 17.3 Å². The minimum absolute atomic E-state index is 0.0197. The Labute approximate surface area is 134 Å². The predicted octanol–water partition coefficient (Wildman–Crippen LogP) is 1.33. The van der Waals surface area contributed by atoms with Crippen LogP contribution in [-0.4, -0.2) is 36.4 Å². The molecule has 2 N–H and O–H groups in total. The van der Waals surface area contributed by atoms with E-state index in [1.165, 1.54) is 0 Å². The van der Waals surface area contributed by atoms with Crippen LogP contribution in [0.25, 0.3) is 11.3 Å². The number of aryl methyl sites for hydroxylation is 2. The Kier molecular flexibility index (Phi) is 3.45. The smallest absolute Gasteiger partial charge is 0.228 e. The van der Waals surface area contributed by atoms with Crippen LogP contribution in [0.15, 0.2) is 12.4 Å². The molecule has 0 radical (unpaired) electrons. The third kappa shape index (κ3) is 2.55. The molecule has 1 saturated carbocycles. The van der Waals surface area contributed by atoms with Crippen LogP contribution in [0.3, 0.4) is 0 Å². The summed E-state index contributed by atoms with van der Waals surface area (Å²) in [5.74, 6) is 1.69. The highest BCUT2D eigenvalue weighted by atomic mass is 16.3. The quantitative estimate of drug-likeness (QED) is 0.895. The number of nitrogens with one attached hydrogen (secondary N) is 1. The fourth-order valence-electron chi connectivity index (χ4n) is 3.38. The van der Waals surface area contributed by atoms with Crippen LogP contribution >= 0.6 is 0 Å². The second kappa shape index (κ2) is 5.49. The number of imidazole rings is 1. The highest BCUT2D eigenvalue weighted by Crippen LogP contribution is 2.34. The van der Waals surface area contributed by atoms with Crippen LogP contribution in [0.4, 0.5) is 5.82 Å². The first-order valence-corrected chi connectivity index (χ1v) is 8.19. The number of aliphatic hydroxyl groups excluding tert-OH is 1. The summed E-state index contributed by atoms with van der Waals surface area (Å²) in [7, 11) is 1.87. The summed E-state index contributed by atoms with van der Waals surface area (Å²) in [4.78, 5) is 17.2. The van der Waals surface area contributed by atoms with E-state index in [0.29, 0.717) is 12.8 Å². The van der Waals surface area contributed by atoms with Gasteiger partial charge in [0.2, 0.25) is 5.91 Å². The zero-order chi connectivity index (χ0) is 16.0. The van der Waals surface area contributed by atoms with Gasteiger partial charge in [-0.2, -0.15) is 5.10 Å². The van der Waals surface area contributed by atoms with Crippen LogP contribution in [0.1, 0.15) is 31.5 Å². The van der Waals surface area contributed by atoms with E-state index in [4.69, 9.17) is 4.98 Å². The van der Waals surface area contributed by atoms with Crippen molar-refractivity contribution in [3.05, 3.63) is 18.2 Å². The molecule has 0 bridgehead atoms. The number of hydrogen-bond acceptors (Lipinski definition) is 4. The maximum Gasteiger partial charge on any atom is 0.228 e. The third-order valence-electron chi connectivity index (χ3n) is 4.78. The Morgan fingerprint density at radius 2 is 2.22 bits per heavy atom. The Hall–Kier alpha value is -2.15. The second-order valence-corrected chi connectivity index (χ2v) is 6.55. The summed E-state index contributed by atoms with van der Waals surface area (Å²) in [5, 5.41) is 16.7. The van der Waals surface area contributed by atoms with E-state index >= 15 is 0 Å². The molecule has 0 spiro atoms. The topological polar surface area (TPSA) is 85.0 Å². The summed E-state index contributed by atoms with van der Waals surface area (Å²) in [6.45, 7) is 0.880. The Morgan fingerprint density at radius 1 is 1.39 bits per heavy atom. The molecule has 0 unspecified atom stereocenters. The van der Waals surface area contributed by atoms with Gasteiger partial charge in [-0.1, -0.05) is 0 Å². The lowest BCUT2D eigenvalue weighted by atomic mass is 9.82. The van der Waals surface area contributed by atoms with Crippen LogP contribution in [0.5, 0.6) is 0 Å². The van der Waals surface area contributed by atoms with Gasteiger partial charge in [0, 0.05) is 37.7 Å². The van der Waals surface area contributed by atoms with Crippen LogP contribution in [0, 0.1) is 5.92 Å². The van der Waals surface area contributed by atoms with E-state index < -0.39 is 0 Å². The molecule has 0 aromatic carbocycles. The van der Waals surface area contributed by atoms with Crippen molar-refractivity contribution in [1.29, 1.82) is 0 Å². The first kappa shape index (κ1) is 14.4. The number of carbonyl (C=O) groups is 1. The maximum absolute atomic E-state index is 12.4. The van der Waals surface area contributed by atoms with Crippen molar-refractivity contribution in [3.8, 4) is 11.3 Å². The van der Waals surface area contributed by atoms with Gasteiger partial charge in [0.05, 0.1) is 12.3 Å². The minimum Gasteiger partial charge on any atom is -0.393 e. The lowest BCUT2D eigenvalue weighted by molar-refractivity contribution is -0.126. The van der Waals surface area contributed by atoms with Gasteiger partial charge >= 0.3 is 0 Å². The number of carbonyl (C=O) groups excluding carboxylic acids is 1. The lowest BCUT2D eigenvalue weighted by Gasteiger charge is -2.30. The van der Waals surface area contributed by atoms with Gasteiger partial charge in [0.25, 0.3) is 0 Å². The monoisotopic (exact) mass is 315 g/mol. The molecule has 2 aromatic rings. The van der Waals surface area contributed by atoms with Crippen molar-refractivity contribution in [2.24, 2.45) is 13.0 Å². The van der Waals surface area contributed by atoms with Crippen LogP contribution < -0.4 is 5.32 Å². The number of hydrogen-bond donors (Lipinski definition) is 2. The van der Waals surface area contributed by atoms with E-state index in [0.717, 1.165) is 48.7 Å². The van der Waals surface area contributed by atoms with Gasteiger partial charge in [0.15, 0.2) is 0 Å². The number of aliphatic hydroxyl groups is 1. The van der Waals surface area contributed by atoms with Crippen molar-refractivity contribution in [3.63, 3.8) is 0 Å². The number of rotatable bonds is 3. The molecule has 0 atom stereocenters. The zero-order valence-electron chi connectivity index (χ0n) is 13.2. The third-order valence-corrected chi connectivity index (χ3v) is 4.78. The minimum atomic E-state index is -0.331. The SMILES string of the molecule is Cn1cc(-c2nc3n(c2NC(=O)C2CC(O)C2)CCCC3)cn1. The Morgan fingerprint density at radius 3 is 2.91 bits per heavy atom. The lowest BCUT2D eigenvalue weighted by Crippen LogP contribution is -2.38. The molecule has 2 aromatic heterocycles. The summed E-state index contributed by atoms with van der Waals surface area (Å²) in [6, 6.07) is 0. The first-order chi connectivity index (χ1) is 11.1. The van der Waals surface area contributed by atoms with Crippen molar-refractivity contribution in [2.75, 3.05) is 5.32 Å². The molecule has 122 valence electrons. The molecule has 1 aliphatic heterocycles. The predicted molar refractivity (Wildman–Crippen MR) is 84.7 cm³/mol. The summed E-state index contributed by atoms with van der Waals surface area (Å²) in [5.41, 5.74) is 1.71. The number of nitrogens with zero attached hydrogens (tertiary/aromatic N) is 4. The molecule has 7 heteroatoms. The number of anilines is 1. The van der Waals surface area contributed by atoms with E-state index in [1.807, 2.05) is 13.2 Å². The normalized spacial score (nSPS) is 23.2. The molecule has 4 rings (SSSR count). The van der Waals surface area contributed by atoms with E-state index in [9.17, 15) is 9.90 Å². The van der Waals surface area contributed by atoms with Gasteiger partial charge in [-0.3, -0.25) is 9.48 Å². The number of amides is 1. The number of fused-ring (bicyclic) bond motifs is 1. The Balaban J connectivity index is 1.68. The van der Waals surface area contributed by atoms with Crippen molar-refractivity contribution < 1.29 is 9.90 Å². The summed E-state index contributed by atoms with van der Waals surface area (Å²) in [6.07, 6.45) is 7.62. The summed E-state index contributed by atoms with van der Waals surface area (Å²) < 4.78 is 3.86. The van der Waals surface area contributed by atoms with Crippen LogP contribution in [-0.2, 0) is 24.8 Å². The van der Waals surface area contributed by atoms with Gasteiger partial charge in [-0.05, 0) is 25.7 Å². The summed E-state index contributed by atoms with van der Waals surface area (Å²) >= 11 is 0. The van der Waals surface area contributed by atoms with E-state index in [1.54, 1.807) is 10.9 Å².